The van der Waals surface area contributed by atoms with E-state index in [2.05, 4.69) is 4.72 Å². The SMILES string of the molecule is O=[N+]([O-])C1C[CH]NS1. The predicted octanol–water partition coefficient (Wildman–Crippen LogP) is 0.392. The molecule has 0 aromatic rings. The number of nitrogens with one attached hydrogen (secondary N) is 1. The van der Waals surface area contributed by atoms with E-state index < -0.39 is 5.37 Å². The van der Waals surface area contributed by atoms with E-state index in [1.165, 1.54) is 0 Å². The lowest BCUT2D eigenvalue weighted by Crippen LogP contribution is -2.10. The summed E-state index contributed by atoms with van der Waals surface area (Å²) in [4.78, 5) is 9.64. The third-order valence-electron chi connectivity index (χ3n) is 0.842. The Labute approximate surface area is 50.9 Å². The number of nitro groups is 1. The van der Waals surface area contributed by atoms with Crippen molar-refractivity contribution < 1.29 is 4.92 Å². The van der Waals surface area contributed by atoms with E-state index in [0.717, 1.165) is 11.9 Å². The standard InChI is InChI=1S/C3H5N2O2S/c6-5(7)3-1-2-4-8-3/h2-4H,1H2. The molecule has 1 N–H and O–H groups in total. The zero-order chi connectivity index (χ0) is 5.98. The minimum atomic E-state index is -0.463. The summed E-state index contributed by atoms with van der Waals surface area (Å²) < 4.78 is 2.70. The van der Waals surface area contributed by atoms with Gasteiger partial charge in [-0.05, 0) is 11.9 Å². The third kappa shape index (κ3) is 1.10. The Hall–Kier alpha value is -0.290. The Morgan fingerprint density at radius 3 is 3.00 bits per heavy atom. The fraction of sp³-hybridized carbons (Fsp3) is 0.667. The Morgan fingerprint density at radius 1 is 2.00 bits per heavy atom. The lowest BCUT2D eigenvalue weighted by atomic mass is 10.4. The molecule has 1 aliphatic rings. The Morgan fingerprint density at radius 2 is 2.75 bits per heavy atom. The first-order valence-electron chi connectivity index (χ1n) is 2.17. The molecule has 5 heteroatoms. The van der Waals surface area contributed by atoms with E-state index in [0.29, 0.717) is 6.42 Å². The molecule has 0 amide bonds. The van der Waals surface area contributed by atoms with Crippen LogP contribution < -0.4 is 4.72 Å². The topological polar surface area (TPSA) is 55.2 Å². The van der Waals surface area contributed by atoms with Gasteiger partial charge in [-0.3, -0.25) is 14.8 Å². The van der Waals surface area contributed by atoms with Crippen molar-refractivity contribution in [2.45, 2.75) is 11.8 Å². The van der Waals surface area contributed by atoms with Gasteiger partial charge in [-0.25, -0.2) is 0 Å². The second kappa shape index (κ2) is 2.32. The van der Waals surface area contributed by atoms with E-state index in [9.17, 15) is 10.1 Å². The van der Waals surface area contributed by atoms with Crippen molar-refractivity contribution in [1.29, 1.82) is 0 Å². The lowest BCUT2D eigenvalue weighted by molar-refractivity contribution is -0.493. The maximum atomic E-state index is 9.93. The summed E-state index contributed by atoms with van der Waals surface area (Å²) >= 11 is 1.15. The maximum absolute atomic E-state index is 9.93. The van der Waals surface area contributed by atoms with Crippen LogP contribution in [-0.4, -0.2) is 10.3 Å². The van der Waals surface area contributed by atoms with Gasteiger partial charge in [0.2, 0.25) is 0 Å². The molecule has 1 unspecified atom stereocenters. The summed E-state index contributed by atoms with van der Waals surface area (Å²) in [6, 6.07) is 0. The predicted molar refractivity (Wildman–Crippen MR) is 30.4 cm³/mol. The van der Waals surface area contributed by atoms with Gasteiger partial charge in [0.15, 0.2) is 0 Å². The molecule has 0 saturated carbocycles. The first-order chi connectivity index (χ1) is 3.80. The highest BCUT2D eigenvalue weighted by Gasteiger charge is 2.25. The zero-order valence-electron chi connectivity index (χ0n) is 4.03. The van der Waals surface area contributed by atoms with Crippen LogP contribution >= 0.6 is 11.9 Å². The van der Waals surface area contributed by atoms with Gasteiger partial charge >= 0.3 is 0 Å². The van der Waals surface area contributed by atoms with Gasteiger partial charge < -0.3 is 0 Å². The normalized spacial score (nSPS) is 28.2. The fourth-order valence-electron chi connectivity index (χ4n) is 0.453. The second-order valence-corrected chi connectivity index (χ2v) is 2.43. The van der Waals surface area contributed by atoms with Gasteiger partial charge in [0.1, 0.15) is 0 Å². The average Bonchev–Trinajstić information content (AvgIpc) is 2.12. The monoisotopic (exact) mass is 133 g/mol. The Bertz CT molecular complexity index is 101. The molecule has 1 radical (unpaired) electrons. The highest BCUT2D eigenvalue weighted by atomic mass is 32.2. The van der Waals surface area contributed by atoms with Gasteiger partial charge in [-0.15, -0.1) is 0 Å². The molecular weight excluding hydrogens is 128 g/mol. The second-order valence-electron chi connectivity index (χ2n) is 1.42. The maximum Gasteiger partial charge on any atom is 0.273 e. The molecular formula is C3H5N2O2S. The van der Waals surface area contributed by atoms with Gasteiger partial charge in [0.25, 0.3) is 5.37 Å². The summed E-state index contributed by atoms with van der Waals surface area (Å²) in [7, 11) is 0. The molecule has 1 heterocycles. The van der Waals surface area contributed by atoms with Crippen LogP contribution in [0.3, 0.4) is 0 Å². The molecule has 0 spiro atoms. The summed E-state index contributed by atoms with van der Waals surface area (Å²) in [5.74, 6) is 0. The molecule has 8 heavy (non-hydrogen) atoms. The number of hydrogen-bond donors (Lipinski definition) is 1. The summed E-state index contributed by atoms with van der Waals surface area (Å²) in [5.41, 5.74) is 0. The van der Waals surface area contributed by atoms with Crippen LogP contribution in [0, 0.1) is 16.7 Å². The van der Waals surface area contributed by atoms with Gasteiger partial charge in [-0.1, -0.05) is 0 Å². The van der Waals surface area contributed by atoms with Crippen molar-refractivity contribution in [1.82, 2.24) is 4.72 Å². The Balaban J connectivity index is 2.35. The van der Waals surface area contributed by atoms with Crippen molar-refractivity contribution in [2.75, 3.05) is 0 Å². The van der Waals surface area contributed by atoms with E-state index in [4.69, 9.17) is 0 Å². The molecule has 4 nitrogen and oxygen atoms in total. The fourth-order valence-corrected chi connectivity index (χ4v) is 1.08. The third-order valence-corrected chi connectivity index (χ3v) is 1.78. The van der Waals surface area contributed by atoms with E-state index >= 15 is 0 Å². The highest BCUT2D eigenvalue weighted by molar-refractivity contribution is 7.98. The van der Waals surface area contributed by atoms with Crippen molar-refractivity contribution in [2.24, 2.45) is 0 Å². The van der Waals surface area contributed by atoms with Crippen molar-refractivity contribution in [3.8, 4) is 0 Å². The first kappa shape index (κ1) is 5.84. The summed E-state index contributed by atoms with van der Waals surface area (Å²) in [5, 5.41) is 9.46. The van der Waals surface area contributed by atoms with Crippen LogP contribution in [0.25, 0.3) is 0 Å². The molecule has 45 valence electrons. The van der Waals surface area contributed by atoms with E-state index in [-0.39, 0.29) is 4.92 Å². The highest BCUT2D eigenvalue weighted by Crippen LogP contribution is 2.19. The summed E-state index contributed by atoms with van der Waals surface area (Å²) in [6.45, 7) is 1.69. The minimum Gasteiger partial charge on any atom is -0.263 e. The molecule has 1 saturated heterocycles. The van der Waals surface area contributed by atoms with Crippen LogP contribution in [0.5, 0.6) is 0 Å². The molecule has 0 aromatic heterocycles. The smallest absolute Gasteiger partial charge is 0.263 e. The first-order valence-corrected chi connectivity index (χ1v) is 3.05. The molecule has 0 aromatic carbocycles. The average molecular weight is 133 g/mol. The van der Waals surface area contributed by atoms with Gasteiger partial charge in [-0.2, -0.15) is 0 Å². The van der Waals surface area contributed by atoms with E-state index in [1.807, 2.05) is 0 Å². The van der Waals surface area contributed by atoms with Gasteiger partial charge in [0.05, 0.1) is 0 Å². The molecule has 0 aliphatic carbocycles. The quantitative estimate of drug-likeness (QED) is 0.319. The van der Waals surface area contributed by atoms with Gasteiger partial charge in [0, 0.05) is 17.9 Å². The zero-order valence-corrected chi connectivity index (χ0v) is 4.85. The van der Waals surface area contributed by atoms with Crippen molar-refractivity contribution in [3.63, 3.8) is 0 Å². The van der Waals surface area contributed by atoms with Crippen LogP contribution in [0.2, 0.25) is 0 Å². The Kier molecular flexibility index (Phi) is 1.69. The van der Waals surface area contributed by atoms with Crippen LogP contribution in [0.1, 0.15) is 6.42 Å². The van der Waals surface area contributed by atoms with Crippen molar-refractivity contribution >= 4 is 11.9 Å². The number of nitrogens with zero attached hydrogens (tertiary/aromatic N) is 1. The number of rotatable bonds is 1. The van der Waals surface area contributed by atoms with Crippen LogP contribution in [0.4, 0.5) is 0 Å². The minimum absolute atomic E-state index is 0.291. The van der Waals surface area contributed by atoms with Crippen LogP contribution in [0.15, 0.2) is 0 Å². The molecule has 1 fully saturated rings. The largest absolute Gasteiger partial charge is 0.273 e. The molecule has 0 bridgehead atoms. The molecule has 1 rings (SSSR count). The molecule has 1 aliphatic heterocycles. The number of hydrogen-bond acceptors (Lipinski definition) is 4. The van der Waals surface area contributed by atoms with E-state index in [1.54, 1.807) is 6.54 Å². The summed E-state index contributed by atoms with van der Waals surface area (Å²) in [6.07, 6.45) is 0.525. The lowest BCUT2D eigenvalue weighted by Gasteiger charge is -1.93. The van der Waals surface area contributed by atoms with Crippen LogP contribution in [-0.2, 0) is 0 Å². The molecule has 1 atom stereocenters. The van der Waals surface area contributed by atoms with Crippen molar-refractivity contribution in [3.05, 3.63) is 16.7 Å².